The topological polar surface area (TPSA) is 40.1 Å². The molecule has 0 unspecified atom stereocenters. The summed E-state index contributed by atoms with van der Waals surface area (Å²) < 4.78 is 0. The lowest BCUT2D eigenvalue weighted by atomic mass is 10.0. The van der Waals surface area contributed by atoms with Crippen LogP contribution in [0.1, 0.15) is 27.0 Å². The Kier molecular flexibility index (Phi) is 3.78. The Labute approximate surface area is 92.5 Å². The van der Waals surface area contributed by atoms with Gasteiger partial charge in [-0.2, -0.15) is 0 Å². The summed E-state index contributed by atoms with van der Waals surface area (Å²) in [5, 5.41) is 10.7. The average Bonchev–Trinajstić information content (AvgIpc) is 2.17. The van der Waals surface area contributed by atoms with Crippen LogP contribution < -0.4 is 5.11 Å². The van der Waals surface area contributed by atoms with Crippen molar-refractivity contribution < 1.29 is 9.90 Å². The first-order chi connectivity index (χ1) is 6.60. The standard InChI is InChI=1S/C10H10Cl2O2/c1-6-8(4-11)2-7(10(13)14)3-9(6)5-12/h2-3H,4-5H2,1H3,(H,13,14)/p-1. The van der Waals surface area contributed by atoms with E-state index in [4.69, 9.17) is 23.2 Å². The van der Waals surface area contributed by atoms with Crippen molar-refractivity contribution >= 4 is 29.2 Å². The molecular weight excluding hydrogens is 223 g/mol. The minimum atomic E-state index is -1.21. The fourth-order valence-electron chi connectivity index (χ4n) is 1.24. The average molecular weight is 232 g/mol. The number of alkyl halides is 2. The largest absolute Gasteiger partial charge is 0.545 e. The number of carboxylic acid groups (broad SMARTS) is 1. The highest BCUT2D eigenvalue weighted by Gasteiger charge is 2.06. The van der Waals surface area contributed by atoms with E-state index >= 15 is 0 Å². The number of halogens is 2. The third-order valence-electron chi connectivity index (χ3n) is 2.15. The first-order valence-corrected chi connectivity index (χ1v) is 5.12. The molecule has 0 aliphatic heterocycles. The molecular formula is C10H9Cl2O2-. The van der Waals surface area contributed by atoms with E-state index in [9.17, 15) is 9.90 Å². The normalized spacial score (nSPS) is 10.2. The zero-order valence-electron chi connectivity index (χ0n) is 7.64. The summed E-state index contributed by atoms with van der Waals surface area (Å²) in [5.74, 6) is -0.657. The van der Waals surface area contributed by atoms with Crippen LogP contribution in [-0.2, 0) is 11.8 Å². The van der Waals surface area contributed by atoms with Crippen molar-refractivity contribution in [1.29, 1.82) is 0 Å². The molecule has 0 radical (unpaired) electrons. The van der Waals surface area contributed by atoms with Crippen molar-refractivity contribution in [2.24, 2.45) is 0 Å². The molecule has 1 aromatic rings. The second-order valence-electron chi connectivity index (χ2n) is 2.97. The first kappa shape index (κ1) is 11.3. The van der Waals surface area contributed by atoms with Gasteiger partial charge in [0, 0.05) is 11.8 Å². The monoisotopic (exact) mass is 231 g/mol. The lowest BCUT2D eigenvalue weighted by Gasteiger charge is -2.11. The highest BCUT2D eigenvalue weighted by Crippen LogP contribution is 2.20. The van der Waals surface area contributed by atoms with E-state index in [2.05, 4.69) is 0 Å². The molecule has 0 aliphatic carbocycles. The summed E-state index contributed by atoms with van der Waals surface area (Å²) in [6.07, 6.45) is 0. The third-order valence-corrected chi connectivity index (χ3v) is 2.72. The van der Waals surface area contributed by atoms with Crippen LogP contribution in [0.3, 0.4) is 0 Å². The number of aromatic carboxylic acids is 1. The molecule has 0 spiro atoms. The predicted molar refractivity (Wildman–Crippen MR) is 54.6 cm³/mol. The Morgan fingerprint density at radius 3 is 2.00 bits per heavy atom. The van der Waals surface area contributed by atoms with Gasteiger partial charge in [-0.25, -0.2) is 0 Å². The maximum atomic E-state index is 10.7. The van der Waals surface area contributed by atoms with E-state index in [0.717, 1.165) is 16.7 Å². The minimum Gasteiger partial charge on any atom is -0.545 e. The van der Waals surface area contributed by atoms with Crippen LogP contribution in [0.4, 0.5) is 0 Å². The second-order valence-corrected chi connectivity index (χ2v) is 3.51. The van der Waals surface area contributed by atoms with E-state index in [1.165, 1.54) is 12.1 Å². The Hall–Kier alpha value is -0.730. The van der Waals surface area contributed by atoms with Crippen LogP contribution in [0.25, 0.3) is 0 Å². The molecule has 76 valence electrons. The SMILES string of the molecule is Cc1c(CCl)cc(C(=O)[O-])cc1CCl. The van der Waals surface area contributed by atoms with Crippen molar-refractivity contribution in [2.45, 2.75) is 18.7 Å². The van der Waals surface area contributed by atoms with Crippen LogP contribution >= 0.6 is 23.2 Å². The molecule has 0 fully saturated rings. The van der Waals surface area contributed by atoms with E-state index in [1.807, 2.05) is 6.92 Å². The number of rotatable bonds is 3. The highest BCUT2D eigenvalue weighted by molar-refractivity contribution is 6.18. The third kappa shape index (κ3) is 2.20. The van der Waals surface area contributed by atoms with Gasteiger partial charge in [0.25, 0.3) is 0 Å². The van der Waals surface area contributed by atoms with Gasteiger partial charge in [-0.3, -0.25) is 0 Å². The maximum absolute atomic E-state index is 10.7. The summed E-state index contributed by atoms with van der Waals surface area (Å²) in [6, 6.07) is 3.04. The van der Waals surface area contributed by atoms with Crippen LogP contribution in [0.15, 0.2) is 12.1 Å². The van der Waals surface area contributed by atoms with Crippen LogP contribution in [0.5, 0.6) is 0 Å². The van der Waals surface area contributed by atoms with Crippen molar-refractivity contribution in [3.63, 3.8) is 0 Å². The molecule has 2 nitrogen and oxygen atoms in total. The lowest BCUT2D eigenvalue weighted by Crippen LogP contribution is -2.22. The minimum absolute atomic E-state index is 0.127. The van der Waals surface area contributed by atoms with Crippen LogP contribution in [0.2, 0.25) is 0 Å². The quantitative estimate of drug-likeness (QED) is 0.746. The van der Waals surface area contributed by atoms with E-state index in [-0.39, 0.29) is 17.3 Å². The Morgan fingerprint density at radius 2 is 1.71 bits per heavy atom. The van der Waals surface area contributed by atoms with E-state index < -0.39 is 5.97 Å². The first-order valence-electron chi connectivity index (χ1n) is 4.05. The van der Waals surface area contributed by atoms with Crippen LogP contribution in [0, 0.1) is 6.92 Å². The van der Waals surface area contributed by atoms with Crippen molar-refractivity contribution in [2.75, 3.05) is 0 Å². The molecule has 0 atom stereocenters. The van der Waals surface area contributed by atoms with E-state index in [0.29, 0.717) is 0 Å². The molecule has 0 heterocycles. The highest BCUT2D eigenvalue weighted by atomic mass is 35.5. The molecule has 0 saturated carbocycles. The Bertz CT molecular complexity index is 336. The molecule has 1 rings (SSSR count). The fourth-order valence-corrected chi connectivity index (χ4v) is 1.79. The summed E-state index contributed by atoms with van der Waals surface area (Å²) in [6.45, 7) is 1.87. The predicted octanol–water partition coefficient (Wildman–Crippen LogP) is 1.84. The number of carboxylic acids is 1. The van der Waals surface area contributed by atoms with E-state index in [1.54, 1.807) is 0 Å². The number of hydrogen-bond acceptors (Lipinski definition) is 2. The summed E-state index contributed by atoms with van der Waals surface area (Å²) >= 11 is 11.4. The smallest absolute Gasteiger partial charge is 0.0715 e. The molecule has 0 aliphatic rings. The Balaban J connectivity index is 3.32. The van der Waals surface area contributed by atoms with Crippen LogP contribution in [-0.4, -0.2) is 5.97 Å². The Morgan fingerprint density at radius 1 is 1.29 bits per heavy atom. The van der Waals surface area contributed by atoms with Gasteiger partial charge < -0.3 is 9.90 Å². The van der Waals surface area contributed by atoms with Gasteiger partial charge in [-0.05, 0) is 41.3 Å². The van der Waals surface area contributed by atoms with Gasteiger partial charge in [0.1, 0.15) is 0 Å². The maximum Gasteiger partial charge on any atom is 0.0715 e. The van der Waals surface area contributed by atoms with Gasteiger partial charge in [0.05, 0.1) is 5.97 Å². The van der Waals surface area contributed by atoms with Gasteiger partial charge in [-0.1, -0.05) is 0 Å². The van der Waals surface area contributed by atoms with Crippen molar-refractivity contribution in [1.82, 2.24) is 0 Å². The molecule has 0 aromatic heterocycles. The molecule has 14 heavy (non-hydrogen) atoms. The van der Waals surface area contributed by atoms with Crippen molar-refractivity contribution in [3.05, 3.63) is 34.4 Å². The molecule has 0 amide bonds. The number of carbonyl (C=O) groups excluding carboxylic acids is 1. The summed E-state index contributed by atoms with van der Waals surface area (Å²) in [4.78, 5) is 10.7. The molecule has 0 N–H and O–H groups in total. The fraction of sp³-hybridized carbons (Fsp3) is 0.300. The van der Waals surface area contributed by atoms with Gasteiger partial charge in [-0.15, -0.1) is 23.2 Å². The molecule has 0 saturated heterocycles. The summed E-state index contributed by atoms with van der Waals surface area (Å²) in [5.41, 5.74) is 2.63. The lowest BCUT2D eigenvalue weighted by molar-refractivity contribution is -0.255. The number of benzene rings is 1. The van der Waals surface area contributed by atoms with Crippen molar-refractivity contribution in [3.8, 4) is 0 Å². The summed E-state index contributed by atoms with van der Waals surface area (Å²) in [7, 11) is 0. The molecule has 1 aromatic carbocycles. The number of carbonyl (C=O) groups is 1. The second kappa shape index (κ2) is 4.67. The van der Waals surface area contributed by atoms with Gasteiger partial charge in [0.2, 0.25) is 0 Å². The molecule has 0 bridgehead atoms. The van der Waals surface area contributed by atoms with Gasteiger partial charge in [0.15, 0.2) is 0 Å². The zero-order valence-corrected chi connectivity index (χ0v) is 9.15. The van der Waals surface area contributed by atoms with Gasteiger partial charge >= 0.3 is 0 Å². The zero-order chi connectivity index (χ0) is 10.7. The number of hydrogen-bond donors (Lipinski definition) is 0. The molecule has 4 heteroatoms.